The average Bonchev–Trinajstić information content (AvgIpc) is 2.47. The Morgan fingerprint density at radius 2 is 2.00 bits per heavy atom. The summed E-state index contributed by atoms with van der Waals surface area (Å²) in [5, 5.41) is 21.1. The van der Waals surface area contributed by atoms with Crippen molar-refractivity contribution < 1.29 is 19.7 Å². The highest BCUT2D eigenvalue weighted by Crippen LogP contribution is 2.23. The van der Waals surface area contributed by atoms with Gasteiger partial charge in [0.25, 0.3) is 0 Å². The second-order valence-corrected chi connectivity index (χ2v) is 4.88. The first-order valence-corrected chi connectivity index (χ1v) is 5.11. The van der Waals surface area contributed by atoms with Gasteiger partial charge in [-0.3, -0.25) is 4.79 Å². The fourth-order valence-electron chi connectivity index (χ4n) is 1.65. The third kappa shape index (κ3) is 3.44. The summed E-state index contributed by atoms with van der Waals surface area (Å²) in [5.41, 5.74) is -0.537. The zero-order valence-corrected chi connectivity index (χ0v) is 9.36. The molecule has 0 bridgehead atoms. The van der Waals surface area contributed by atoms with Crippen LogP contribution in [0, 0.1) is 11.8 Å². The quantitative estimate of drug-likeness (QED) is 0.428. The Morgan fingerprint density at radius 3 is 2.47 bits per heavy atom. The van der Waals surface area contributed by atoms with E-state index in [2.05, 4.69) is 5.32 Å². The van der Waals surface area contributed by atoms with Crippen molar-refractivity contribution in [3.63, 3.8) is 0 Å². The third-order valence-electron chi connectivity index (χ3n) is 2.35. The highest BCUT2D eigenvalue weighted by molar-refractivity contribution is 5.74. The van der Waals surface area contributed by atoms with E-state index in [1.54, 1.807) is 20.8 Å². The number of carbonyl (C=O) groups is 1. The summed E-state index contributed by atoms with van der Waals surface area (Å²) < 4.78 is 5.20. The van der Waals surface area contributed by atoms with Crippen molar-refractivity contribution in [3.05, 3.63) is 0 Å². The van der Waals surface area contributed by atoms with Gasteiger partial charge in [0.15, 0.2) is 6.29 Å². The van der Waals surface area contributed by atoms with Crippen molar-refractivity contribution in [3.8, 4) is 0 Å². The molecule has 1 saturated heterocycles. The van der Waals surface area contributed by atoms with Crippen LogP contribution in [0.15, 0.2) is 0 Å². The molecule has 1 aliphatic heterocycles. The number of carbonyl (C=O) groups excluding carboxylic acids is 1. The fraction of sp³-hybridized carbons (Fsp3) is 0.900. The van der Waals surface area contributed by atoms with Crippen LogP contribution in [0.4, 0.5) is 0 Å². The molecule has 88 valence electrons. The lowest BCUT2D eigenvalue weighted by molar-refractivity contribution is -0.167. The molecule has 1 fully saturated rings. The maximum atomic E-state index is 11.7. The van der Waals surface area contributed by atoms with Gasteiger partial charge < -0.3 is 20.3 Å². The molecule has 0 saturated carbocycles. The maximum Gasteiger partial charge on any atom is 0.311 e. The molecule has 0 aromatic rings. The number of rotatable bonds is 2. The Hall–Kier alpha value is -0.650. The van der Waals surface area contributed by atoms with Crippen molar-refractivity contribution >= 4 is 5.97 Å². The van der Waals surface area contributed by atoms with Gasteiger partial charge >= 0.3 is 5.97 Å². The van der Waals surface area contributed by atoms with E-state index in [1.807, 2.05) is 0 Å². The second kappa shape index (κ2) is 4.47. The number of aliphatic hydroxyl groups excluding tert-OH is 1. The van der Waals surface area contributed by atoms with Crippen LogP contribution >= 0.6 is 0 Å². The van der Waals surface area contributed by atoms with Crippen LogP contribution < -0.4 is 5.32 Å². The van der Waals surface area contributed by atoms with Gasteiger partial charge in [0.1, 0.15) is 5.60 Å². The van der Waals surface area contributed by atoms with E-state index >= 15 is 0 Å². The number of esters is 1. The highest BCUT2D eigenvalue weighted by atomic mass is 16.6. The van der Waals surface area contributed by atoms with Gasteiger partial charge in [0, 0.05) is 19.0 Å². The lowest BCUT2D eigenvalue weighted by Crippen LogP contribution is -2.36. The molecule has 0 aromatic carbocycles. The first-order chi connectivity index (χ1) is 6.81. The minimum Gasteiger partial charge on any atom is -0.460 e. The van der Waals surface area contributed by atoms with Crippen molar-refractivity contribution in [2.75, 3.05) is 13.1 Å². The normalized spacial score (nSPS) is 27.1. The Morgan fingerprint density at radius 1 is 1.40 bits per heavy atom. The molecule has 1 aliphatic rings. The van der Waals surface area contributed by atoms with Crippen LogP contribution in [-0.2, 0) is 9.53 Å². The van der Waals surface area contributed by atoms with Gasteiger partial charge in [-0.1, -0.05) is 0 Å². The molecular weight excluding hydrogens is 198 g/mol. The molecule has 0 amide bonds. The largest absolute Gasteiger partial charge is 0.460 e. The predicted octanol–water partition coefficient (Wildman–Crippen LogP) is -0.526. The molecule has 0 spiro atoms. The Labute approximate surface area is 89.4 Å². The van der Waals surface area contributed by atoms with Crippen LogP contribution in [0.5, 0.6) is 0 Å². The van der Waals surface area contributed by atoms with Crippen molar-refractivity contribution in [1.29, 1.82) is 0 Å². The summed E-state index contributed by atoms with van der Waals surface area (Å²) in [7, 11) is 0. The first-order valence-electron chi connectivity index (χ1n) is 5.11. The molecule has 0 unspecified atom stereocenters. The van der Waals surface area contributed by atoms with Gasteiger partial charge in [-0.15, -0.1) is 0 Å². The fourth-order valence-corrected chi connectivity index (χ4v) is 1.65. The van der Waals surface area contributed by atoms with Crippen LogP contribution in [-0.4, -0.2) is 41.2 Å². The lowest BCUT2D eigenvalue weighted by Gasteiger charge is -2.25. The van der Waals surface area contributed by atoms with E-state index in [-0.39, 0.29) is 5.97 Å². The minimum absolute atomic E-state index is 0.370. The van der Waals surface area contributed by atoms with Crippen LogP contribution in [0.25, 0.3) is 0 Å². The monoisotopic (exact) mass is 217 g/mol. The summed E-state index contributed by atoms with van der Waals surface area (Å²) in [6.07, 6.45) is -1.47. The third-order valence-corrected chi connectivity index (χ3v) is 2.35. The molecule has 0 radical (unpaired) electrons. The zero-order valence-electron chi connectivity index (χ0n) is 9.36. The molecule has 15 heavy (non-hydrogen) atoms. The van der Waals surface area contributed by atoms with Gasteiger partial charge in [0.05, 0.1) is 5.92 Å². The molecule has 0 aromatic heterocycles. The summed E-state index contributed by atoms with van der Waals surface area (Å²) in [4.78, 5) is 11.7. The number of ether oxygens (including phenoxy) is 1. The smallest absolute Gasteiger partial charge is 0.311 e. The Kier molecular flexibility index (Phi) is 3.70. The Bertz CT molecular complexity index is 234. The summed E-state index contributed by atoms with van der Waals surface area (Å²) in [5.74, 6) is -1.31. The topological polar surface area (TPSA) is 78.8 Å². The van der Waals surface area contributed by atoms with E-state index in [0.29, 0.717) is 13.1 Å². The zero-order chi connectivity index (χ0) is 11.6. The molecule has 5 heteroatoms. The van der Waals surface area contributed by atoms with E-state index < -0.39 is 23.7 Å². The van der Waals surface area contributed by atoms with Gasteiger partial charge in [-0.2, -0.15) is 0 Å². The van der Waals surface area contributed by atoms with Gasteiger partial charge in [0.2, 0.25) is 0 Å². The van der Waals surface area contributed by atoms with E-state index in [9.17, 15) is 4.79 Å². The van der Waals surface area contributed by atoms with E-state index in [1.165, 1.54) is 0 Å². The summed E-state index contributed by atoms with van der Waals surface area (Å²) >= 11 is 0. The Balaban J connectivity index is 2.59. The maximum absolute atomic E-state index is 11.7. The summed E-state index contributed by atoms with van der Waals surface area (Å²) in [6, 6.07) is 0. The van der Waals surface area contributed by atoms with Gasteiger partial charge in [-0.05, 0) is 20.8 Å². The molecular formula is C10H19NO4. The number of hydrogen-bond donors (Lipinski definition) is 3. The summed E-state index contributed by atoms with van der Waals surface area (Å²) in [6.45, 7) is 6.24. The predicted molar refractivity (Wildman–Crippen MR) is 53.9 cm³/mol. The van der Waals surface area contributed by atoms with Crippen LogP contribution in [0.2, 0.25) is 0 Å². The number of hydrogen-bond acceptors (Lipinski definition) is 5. The molecule has 0 aliphatic carbocycles. The van der Waals surface area contributed by atoms with E-state index in [0.717, 1.165) is 0 Å². The highest BCUT2D eigenvalue weighted by Gasteiger charge is 2.39. The SMILES string of the molecule is CC(C)(C)OC(=O)[C@@H]1CNC[C@H]1C(O)O. The number of aliphatic hydroxyl groups is 2. The number of nitrogens with one attached hydrogen (secondary N) is 1. The minimum atomic E-state index is -1.47. The standard InChI is InChI=1S/C10H19NO4/c1-10(2,3)15-9(14)7-5-11-4-6(7)8(12)13/h6-8,11-13H,4-5H2,1-3H3/t6-,7-/m1/s1. The molecule has 1 heterocycles. The molecule has 1 rings (SSSR count). The van der Waals surface area contributed by atoms with E-state index in [4.69, 9.17) is 14.9 Å². The molecule has 3 N–H and O–H groups in total. The second-order valence-electron chi connectivity index (χ2n) is 4.88. The molecule has 2 atom stereocenters. The van der Waals surface area contributed by atoms with Crippen LogP contribution in [0.1, 0.15) is 20.8 Å². The first kappa shape index (κ1) is 12.4. The lowest BCUT2D eigenvalue weighted by atomic mass is 9.95. The van der Waals surface area contributed by atoms with Crippen molar-refractivity contribution in [2.24, 2.45) is 11.8 Å². The average molecular weight is 217 g/mol. The van der Waals surface area contributed by atoms with Gasteiger partial charge in [-0.25, -0.2) is 0 Å². The van der Waals surface area contributed by atoms with Crippen molar-refractivity contribution in [1.82, 2.24) is 5.32 Å². The molecule has 5 nitrogen and oxygen atoms in total. The van der Waals surface area contributed by atoms with Crippen LogP contribution in [0.3, 0.4) is 0 Å². The van der Waals surface area contributed by atoms with Crippen molar-refractivity contribution in [2.45, 2.75) is 32.7 Å².